The standard InChI is InChI=1S/C15H11BrCl2O/c16-15(11-6-5-10(17)8-12(11)18)14-7-9-3-1-2-4-13(9)19-14/h1-6,8,14-15H,7H2. The first-order chi connectivity index (χ1) is 9.15. The smallest absolute Gasteiger partial charge is 0.123 e. The van der Waals surface area contributed by atoms with E-state index in [-0.39, 0.29) is 10.9 Å². The molecule has 1 aliphatic heterocycles. The highest BCUT2D eigenvalue weighted by Crippen LogP contribution is 2.40. The summed E-state index contributed by atoms with van der Waals surface area (Å²) in [6.07, 6.45) is 0.932. The number of ether oxygens (including phenoxy) is 1. The van der Waals surface area contributed by atoms with Crippen molar-refractivity contribution < 1.29 is 4.74 Å². The van der Waals surface area contributed by atoms with E-state index in [2.05, 4.69) is 22.0 Å². The van der Waals surface area contributed by atoms with Crippen molar-refractivity contribution in [2.24, 2.45) is 0 Å². The largest absolute Gasteiger partial charge is 0.488 e. The fraction of sp³-hybridized carbons (Fsp3) is 0.200. The van der Waals surface area contributed by atoms with Crippen molar-refractivity contribution in [3.63, 3.8) is 0 Å². The molecule has 2 aromatic carbocycles. The molecule has 2 aromatic rings. The molecule has 0 amide bonds. The van der Waals surface area contributed by atoms with E-state index in [0.29, 0.717) is 10.0 Å². The fourth-order valence-electron chi connectivity index (χ4n) is 2.30. The summed E-state index contributed by atoms with van der Waals surface area (Å²) in [4.78, 5) is 0.0460. The van der Waals surface area contributed by atoms with E-state index < -0.39 is 0 Å². The van der Waals surface area contributed by atoms with Crippen LogP contribution in [0.5, 0.6) is 5.75 Å². The minimum Gasteiger partial charge on any atom is -0.488 e. The van der Waals surface area contributed by atoms with E-state index in [1.54, 1.807) is 6.07 Å². The Morgan fingerprint density at radius 3 is 2.68 bits per heavy atom. The van der Waals surface area contributed by atoms with Gasteiger partial charge in [-0.15, -0.1) is 0 Å². The Balaban J connectivity index is 1.85. The first-order valence-corrected chi connectivity index (χ1v) is 7.66. The molecule has 1 heterocycles. The summed E-state index contributed by atoms with van der Waals surface area (Å²) < 4.78 is 5.97. The molecule has 0 N–H and O–H groups in total. The maximum Gasteiger partial charge on any atom is 0.123 e. The number of benzene rings is 2. The van der Waals surface area contributed by atoms with Crippen molar-refractivity contribution in [3.8, 4) is 5.75 Å². The first kappa shape index (κ1) is 13.3. The molecule has 0 bridgehead atoms. The van der Waals surface area contributed by atoms with E-state index in [4.69, 9.17) is 27.9 Å². The van der Waals surface area contributed by atoms with Gasteiger partial charge < -0.3 is 4.74 Å². The van der Waals surface area contributed by atoms with Gasteiger partial charge in [-0.05, 0) is 29.3 Å². The summed E-state index contributed by atoms with van der Waals surface area (Å²) in [5.74, 6) is 0.960. The van der Waals surface area contributed by atoms with Crippen molar-refractivity contribution in [1.29, 1.82) is 0 Å². The predicted octanol–water partition coefficient (Wildman–Crippen LogP) is 5.43. The zero-order chi connectivity index (χ0) is 13.4. The Bertz CT molecular complexity index is 590. The van der Waals surface area contributed by atoms with Crippen LogP contribution in [0.15, 0.2) is 42.5 Å². The van der Waals surface area contributed by atoms with E-state index in [1.165, 1.54) is 5.56 Å². The third-order valence-electron chi connectivity index (χ3n) is 3.26. The molecule has 2 atom stereocenters. The van der Waals surface area contributed by atoms with E-state index in [1.807, 2.05) is 30.3 Å². The summed E-state index contributed by atoms with van der Waals surface area (Å²) in [6.45, 7) is 0. The molecule has 0 spiro atoms. The highest BCUT2D eigenvalue weighted by Gasteiger charge is 2.30. The lowest BCUT2D eigenvalue weighted by Crippen LogP contribution is -2.19. The Labute approximate surface area is 130 Å². The van der Waals surface area contributed by atoms with Crippen molar-refractivity contribution in [3.05, 3.63) is 63.6 Å². The van der Waals surface area contributed by atoms with Crippen LogP contribution in [-0.2, 0) is 6.42 Å². The maximum absolute atomic E-state index is 6.24. The van der Waals surface area contributed by atoms with Gasteiger partial charge in [0.1, 0.15) is 11.9 Å². The van der Waals surface area contributed by atoms with E-state index >= 15 is 0 Å². The monoisotopic (exact) mass is 356 g/mol. The van der Waals surface area contributed by atoms with Crippen LogP contribution < -0.4 is 4.74 Å². The molecular weight excluding hydrogens is 347 g/mol. The van der Waals surface area contributed by atoms with Gasteiger partial charge in [0.25, 0.3) is 0 Å². The molecule has 0 aliphatic carbocycles. The molecule has 2 unspecified atom stereocenters. The molecule has 3 rings (SSSR count). The molecular formula is C15H11BrCl2O. The molecule has 0 radical (unpaired) electrons. The predicted molar refractivity (Wildman–Crippen MR) is 82.7 cm³/mol. The van der Waals surface area contributed by atoms with Crippen molar-refractivity contribution in [2.45, 2.75) is 17.4 Å². The summed E-state index contributed by atoms with van der Waals surface area (Å²) in [6, 6.07) is 13.7. The molecule has 4 heteroatoms. The number of para-hydroxylation sites is 1. The van der Waals surface area contributed by atoms with Crippen LogP contribution in [0, 0.1) is 0 Å². The number of fused-ring (bicyclic) bond motifs is 1. The van der Waals surface area contributed by atoms with Crippen molar-refractivity contribution >= 4 is 39.1 Å². The van der Waals surface area contributed by atoms with Crippen LogP contribution in [0.3, 0.4) is 0 Å². The Kier molecular flexibility index (Phi) is 3.75. The minimum atomic E-state index is 0.0460. The molecule has 98 valence electrons. The summed E-state index contributed by atoms with van der Waals surface area (Å²) in [5, 5.41) is 1.30. The molecule has 19 heavy (non-hydrogen) atoms. The van der Waals surface area contributed by atoms with Crippen LogP contribution in [0.4, 0.5) is 0 Å². The highest BCUT2D eigenvalue weighted by molar-refractivity contribution is 9.09. The Morgan fingerprint density at radius 2 is 1.95 bits per heavy atom. The second-order valence-electron chi connectivity index (χ2n) is 4.54. The number of alkyl halides is 1. The van der Waals surface area contributed by atoms with E-state index in [9.17, 15) is 0 Å². The number of hydrogen-bond acceptors (Lipinski definition) is 1. The fourth-order valence-corrected chi connectivity index (χ4v) is 3.65. The second kappa shape index (κ2) is 5.35. The van der Waals surface area contributed by atoms with Crippen LogP contribution in [0.1, 0.15) is 16.0 Å². The number of halogens is 3. The zero-order valence-corrected chi connectivity index (χ0v) is 13.0. The minimum absolute atomic E-state index is 0.0460. The summed E-state index contributed by atoms with van der Waals surface area (Å²) in [7, 11) is 0. The van der Waals surface area contributed by atoms with Gasteiger partial charge in [0.05, 0.1) is 4.83 Å². The van der Waals surface area contributed by atoms with Gasteiger partial charge >= 0.3 is 0 Å². The quantitative estimate of drug-likeness (QED) is 0.651. The van der Waals surface area contributed by atoms with Crippen LogP contribution in [0.25, 0.3) is 0 Å². The first-order valence-electron chi connectivity index (χ1n) is 5.99. The third-order valence-corrected chi connectivity index (χ3v) is 4.90. The van der Waals surface area contributed by atoms with Gasteiger partial charge in [-0.1, -0.05) is 63.4 Å². The lowest BCUT2D eigenvalue weighted by atomic mass is 10.0. The average Bonchev–Trinajstić information content (AvgIpc) is 2.81. The average molecular weight is 358 g/mol. The van der Waals surface area contributed by atoms with Gasteiger partial charge in [-0.2, -0.15) is 0 Å². The summed E-state index contributed by atoms with van der Waals surface area (Å²) in [5.41, 5.74) is 2.24. The van der Waals surface area contributed by atoms with E-state index in [0.717, 1.165) is 17.7 Å². The van der Waals surface area contributed by atoms with Gasteiger partial charge in [-0.3, -0.25) is 0 Å². The molecule has 0 fully saturated rings. The topological polar surface area (TPSA) is 9.23 Å². The molecule has 0 saturated heterocycles. The van der Waals surface area contributed by atoms with Gasteiger partial charge in [0.15, 0.2) is 0 Å². The van der Waals surface area contributed by atoms with Gasteiger partial charge in [0.2, 0.25) is 0 Å². The second-order valence-corrected chi connectivity index (χ2v) is 6.37. The third kappa shape index (κ3) is 2.62. The van der Waals surface area contributed by atoms with Crippen LogP contribution >= 0.6 is 39.1 Å². The van der Waals surface area contributed by atoms with Gasteiger partial charge in [0, 0.05) is 16.5 Å². The molecule has 1 nitrogen and oxygen atoms in total. The molecule has 0 aromatic heterocycles. The number of hydrogen-bond donors (Lipinski definition) is 0. The van der Waals surface area contributed by atoms with Gasteiger partial charge in [-0.25, -0.2) is 0 Å². The van der Waals surface area contributed by atoms with Crippen LogP contribution in [0.2, 0.25) is 10.0 Å². The van der Waals surface area contributed by atoms with Crippen molar-refractivity contribution in [1.82, 2.24) is 0 Å². The Hall–Kier alpha value is -0.700. The molecule has 0 saturated carbocycles. The SMILES string of the molecule is Clc1ccc(C(Br)C2Cc3ccccc3O2)c(Cl)c1. The highest BCUT2D eigenvalue weighted by atomic mass is 79.9. The zero-order valence-electron chi connectivity index (χ0n) is 9.95. The lowest BCUT2D eigenvalue weighted by molar-refractivity contribution is 0.232. The van der Waals surface area contributed by atoms with Crippen molar-refractivity contribution in [2.75, 3.05) is 0 Å². The summed E-state index contributed by atoms with van der Waals surface area (Å²) >= 11 is 15.9. The maximum atomic E-state index is 6.24. The Morgan fingerprint density at radius 1 is 1.16 bits per heavy atom. The lowest BCUT2D eigenvalue weighted by Gasteiger charge is -2.19. The number of rotatable bonds is 2. The molecule has 1 aliphatic rings. The normalized spacial score (nSPS) is 18.8. The van der Waals surface area contributed by atoms with Crippen LogP contribution in [-0.4, -0.2) is 6.10 Å².